The highest BCUT2D eigenvalue weighted by molar-refractivity contribution is 5.21. The first-order valence-corrected chi connectivity index (χ1v) is 5.65. The Morgan fingerprint density at radius 1 is 1.24 bits per heavy atom. The van der Waals surface area contributed by atoms with Crippen LogP contribution in [0.3, 0.4) is 0 Å². The number of methoxy groups -OCH3 is 1. The zero-order chi connectivity index (χ0) is 12.5. The summed E-state index contributed by atoms with van der Waals surface area (Å²) < 4.78 is 15.6. The van der Waals surface area contributed by atoms with Crippen molar-refractivity contribution in [3.05, 3.63) is 24.0 Å². The number of hydrogen-bond donors (Lipinski definition) is 1. The third-order valence-corrected chi connectivity index (χ3v) is 2.15. The molecule has 1 aromatic heterocycles. The molecule has 0 fully saturated rings. The molecule has 0 unspecified atom stereocenters. The monoisotopic (exact) mass is 240 g/mol. The quantitative estimate of drug-likeness (QED) is 0.690. The Balaban J connectivity index is 2.19. The van der Waals surface area contributed by atoms with Gasteiger partial charge in [-0.3, -0.25) is 4.98 Å². The van der Waals surface area contributed by atoms with Crippen molar-refractivity contribution in [2.75, 3.05) is 33.5 Å². The van der Waals surface area contributed by atoms with Crippen molar-refractivity contribution in [3.63, 3.8) is 0 Å². The minimum atomic E-state index is -0.0542. The molecule has 17 heavy (non-hydrogen) atoms. The van der Waals surface area contributed by atoms with Crippen LogP contribution < -0.4 is 10.5 Å². The Morgan fingerprint density at radius 2 is 2.00 bits per heavy atom. The Labute approximate surface area is 102 Å². The first-order chi connectivity index (χ1) is 8.24. The second-order valence-electron chi connectivity index (χ2n) is 3.66. The zero-order valence-electron chi connectivity index (χ0n) is 10.4. The molecule has 96 valence electrons. The molecule has 1 atom stereocenters. The second-order valence-corrected chi connectivity index (χ2v) is 3.66. The van der Waals surface area contributed by atoms with Crippen LogP contribution in [-0.2, 0) is 9.47 Å². The fourth-order valence-electron chi connectivity index (χ4n) is 1.21. The summed E-state index contributed by atoms with van der Waals surface area (Å²) in [7, 11) is 1.64. The summed E-state index contributed by atoms with van der Waals surface area (Å²) in [4.78, 5) is 4.20. The molecule has 0 saturated heterocycles. The lowest BCUT2D eigenvalue weighted by atomic mass is 10.2. The van der Waals surface area contributed by atoms with Crippen molar-refractivity contribution in [2.45, 2.75) is 13.0 Å². The van der Waals surface area contributed by atoms with Gasteiger partial charge in [-0.1, -0.05) is 0 Å². The summed E-state index contributed by atoms with van der Waals surface area (Å²) in [6, 6.07) is 3.67. The maximum Gasteiger partial charge on any atom is 0.137 e. The predicted molar refractivity (Wildman–Crippen MR) is 65.0 cm³/mol. The minimum absolute atomic E-state index is 0.0542. The Kier molecular flexibility index (Phi) is 6.54. The maximum absolute atomic E-state index is 5.70. The van der Waals surface area contributed by atoms with E-state index in [9.17, 15) is 0 Å². The molecule has 0 saturated carbocycles. The molecule has 0 aliphatic heterocycles. The molecule has 2 N–H and O–H groups in total. The van der Waals surface area contributed by atoms with Gasteiger partial charge in [0.1, 0.15) is 12.4 Å². The van der Waals surface area contributed by atoms with Crippen molar-refractivity contribution < 1.29 is 14.2 Å². The van der Waals surface area contributed by atoms with E-state index >= 15 is 0 Å². The van der Waals surface area contributed by atoms with Crippen LogP contribution in [-0.4, -0.2) is 38.5 Å². The minimum Gasteiger partial charge on any atom is -0.490 e. The summed E-state index contributed by atoms with van der Waals surface area (Å²) in [6.07, 6.45) is 1.67. The molecule has 5 heteroatoms. The van der Waals surface area contributed by atoms with E-state index in [1.807, 2.05) is 19.1 Å². The molecule has 0 bridgehead atoms. The van der Waals surface area contributed by atoms with E-state index in [2.05, 4.69) is 4.98 Å². The molecule has 1 heterocycles. The van der Waals surface area contributed by atoms with Gasteiger partial charge in [0, 0.05) is 13.2 Å². The fraction of sp³-hybridized carbons (Fsp3) is 0.583. The topological polar surface area (TPSA) is 66.6 Å². The number of ether oxygens (including phenoxy) is 3. The van der Waals surface area contributed by atoms with E-state index < -0.39 is 0 Å². The summed E-state index contributed by atoms with van der Waals surface area (Å²) >= 11 is 0. The number of pyridine rings is 1. The van der Waals surface area contributed by atoms with Gasteiger partial charge in [-0.15, -0.1) is 0 Å². The molecule has 0 aliphatic rings. The first kappa shape index (κ1) is 13.9. The van der Waals surface area contributed by atoms with Crippen molar-refractivity contribution in [1.29, 1.82) is 0 Å². The molecule has 0 radical (unpaired) electrons. The Bertz CT molecular complexity index is 301. The van der Waals surface area contributed by atoms with E-state index in [4.69, 9.17) is 19.9 Å². The third-order valence-electron chi connectivity index (χ3n) is 2.15. The zero-order valence-corrected chi connectivity index (χ0v) is 10.4. The van der Waals surface area contributed by atoms with Gasteiger partial charge in [0.05, 0.1) is 31.7 Å². The molecule has 0 amide bonds. The smallest absolute Gasteiger partial charge is 0.137 e. The Morgan fingerprint density at radius 3 is 2.59 bits per heavy atom. The van der Waals surface area contributed by atoms with Gasteiger partial charge in [-0.05, 0) is 19.1 Å². The number of aromatic nitrogens is 1. The largest absolute Gasteiger partial charge is 0.490 e. The molecular weight excluding hydrogens is 220 g/mol. The first-order valence-electron chi connectivity index (χ1n) is 5.65. The average molecular weight is 240 g/mol. The molecular formula is C12H20N2O3. The van der Waals surface area contributed by atoms with Gasteiger partial charge in [0.25, 0.3) is 0 Å². The molecule has 0 aromatic carbocycles. The molecule has 0 aliphatic carbocycles. The summed E-state index contributed by atoms with van der Waals surface area (Å²) in [5, 5.41) is 0. The summed E-state index contributed by atoms with van der Waals surface area (Å²) in [5.74, 6) is 0.727. The molecule has 1 rings (SSSR count). The molecule has 5 nitrogen and oxygen atoms in total. The van der Waals surface area contributed by atoms with Gasteiger partial charge in [-0.2, -0.15) is 0 Å². The Hall–Kier alpha value is -1.17. The normalized spacial score (nSPS) is 12.4. The van der Waals surface area contributed by atoms with Crippen LogP contribution in [0.15, 0.2) is 18.3 Å². The average Bonchev–Trinajstić information content (AvgIpc) is 2.34. The highest BCUT2D eigenvalue weighted by Crippen LogP contribution is 2.12. The molecule has 1 aromatic rings. The van der Waals surface area contributed by atoms with Crippen molar-refractivity contribution in [1.82, 2.24) is 4.98 Å². The number of nitrogens with two attached hydrogens (primary N) is 1. The van der Waals surface area contributed by atoms with Crippen LogP contribution in [0.4, 0.5) is 0 Å². The van der Waals surface area contributed by atoms with Gasteiger partial charge >= 0.3 is 0 Å². The van der Waals surface area contributed by atoms with Gasteiger partial charge in [0.15, 0.2) is 0 Å². The van der Waals surface area contributed by atoms with Crippen LogP contribution in [0.25, 0.3) is 0 Å². The van der Waals surface area contributed by atoms with Crippen LogP contribution in [0.5, 0.6) is 5.75 Å². The fourth-order valence-corrected chi connectivity index (χ4v) is 1.21. The van der Waals surface area contributed by atoms with Gasteiger partial charge in [-0.25, -0.2) is 0 Å². The van der Waals surface area contributed by atoms with Crippen LogP contribution >= 0.6 is 0 Å². The van der Waals surface area contributed by atoms with Gasteiger partial charge in [0.2, 0.25) is 0 Å². The summed E-state index contributed by atoms with van der Waals surface area (Å²) in [5.41, 5.74) is 6.55. The second kappa shape index (κ2) is 8.00. The third kappa shape index (κ3) is 5.63. The standard InChI is InChI=1S/C12H20N2O3/c1-10(13)12-4-3-11(9-14-12)17-8-7-16-6-5-15-2/h3-4,9-10H,5-8,13H2,1-2H3/t10-/m1/s1. The number of rotatable bonds is 8. The number of nitrogens with zero attached hydrogens (tertiary/aromatic N) is 1. The van der Waals surface area contributed by atoms with E-state index in [1.165, 1.54) is 0 Å². The lowest BCUT2D eigenvalue weighted by Crippen LogP contribution is -2.10. The molecule has 0 spiro atoms. The van der Waals surface area contributed by atoms with E-state index in [1.54, 1.807) is 13.3 Å². The van der Waals surface area contributed by atoms with Gasteiger partial charge < -0.3 is 19.9 Å². The van der Waals surface area contributed by atoms with E-state index in [0.717, 1.165) is 11.4 Å². The maximum atomic E-state index is 5.70. The van der Waals surface area contributed by atoms with Crippen molar-refractivity contribution in [3.8, 4) is 5.75 Å². The lowest BCUT2D eigenvalue weighted by Gasteiger charge is -2.08. The number of hydrogen-bond acceptors (Lipinski definition) is 5. The van der Waals surface area contributed by atoms with E-state index in [0.29, 0.717) is 26.4 Å². The SMILES string of the molecule is COCCOCCOc1ccc([C@@H](C)N)nc1. The highest BCUT2D eigenvalue weighted by atomic mass is 16.5. The van der Waals surface area contributed by atoms with Crippen LogP contribution in [0.1, 0.15) is 18.7 Å². The van der Waals surface area contributed by atoms with Crippen LogP contribution in [0, 0.1) is 0 Å². The highest BCUT2D eigenvalue weighted by Gasteiger charge is 2.01. The van der Waals surface area contributed by atoms with Crippen molar-refractivity contribution >= 4 is 0 Å². The van der Waals surface area contributed by atoms with E-state index in [-0.39, 0.29) is 6.04 Å². The van der Waals surface area contributed by atoms with Crippen molar-refractivity contribution in [2.24, 2.45) is 5.73 Å². The lowest BCUT2D eigenvalue weighted by molar-refractivity contribution is 0.0543. The van der Waals surface area contributed by atoms with Crippen LogP contribution in [0.2, 0.25) is 0 Å². The summed E-state index contributed by atoms with van der Waals surface area (Å²) in [6.45, 7) is 4.13. The predicted octanol–water partition coefficient (Wildman–Crippen LogP) is 1.14.